The first-order valence-electron chi connectivity index (χ1n) is 8.02. The molecule has 0 fully saturated rings. The normalized spacial score (nSPS) is 14.2. The van der Waals surface area contributed by atoms with Crippen molar-refractivity contribution in [1.82, 2.24) is 0 Å². The summed E-state index contributed by atoms with van der Waals surface area (Å²) in [6.07, 6.45) is 4.51. The van der Waals surface area contributed by atoms with Crippen LogP contribution in [0.4, 0.5) is 0 Å². The summed E-state index contributed by atoms with van der Waals surface area (Å²) in [6, 6.07) is 4.28. The molecule has 0 amide bonds. The Labute approximate surface area is 129 Å². The highest BCUT2D eigenvalue weighted by atomic mass is 32.2. The zero-order chi connectivity index (χ0) is 15.1. The van der Waals surface area contributed by atoms with Gasteiger partial charge >= 0.3 is 0 Å². The fourth-order valence-corrected chi connectivity index (χ4v) is 3.32. The van der Waals surface area contributed by atoms with Crippen LogP contribution in [-0.2, 0) is 5.11 Å². The first kappa shape index (κ1) is 17.4. The Bertz CT molecular complexity index is 383. The maximum Gasteiger partial charge on any atom is 0.185 e. The van der Waals surface area contributed by atoms with Gasteiger partial charge in [-0.25, -0.2) is 0 Å². The third kappa shape index (κ3) is 4.44. The fraction of sp³-hybridized carbons (Fsp3) is 0.667. The summed E-state index contributed by atoms with van der Waals surface area (Å²) in [7, 11) is 0. The second-order valence-corrected chi connectivity index (χ2v) is 6.92. The molecule has 1 aromatic carbocycles. The summed E-state index contributed by atoms with van der Waals surface area (Å²) >= 11 is 1.90. The van der Waals surface area contributed by atoms with Crippen LogP contribution in [0.1, 0.15) is 83.3 Å². The Morgan fingerprint density at radius 3 is 1.90 bits per heavy atom. The molecular formula is C18H29OS. The van der Waals surface area contributed by atoms with E-state index < -0.39 is 0 Å². The fourth-order valence-electron chi connectivity index (χ4n) is 2.24. The van der Waals surface area contributed by atoms with E-state index in [0.717, 1.165) is 29.7 Å². The number of benzene rings is 1. The summed E-state index contributed by atoms with van der Waals surface area (Å²) in [5.74, 6) is 2.15. The summed E-state index contributed by atoms with van der Waals surface area (Å²) in [5, 5.41) is 12.6. The number of hydrogen-bond acceptors (Lipinski definition) is 1. The lowest BCUT2D eigenvalue weighted by Gasteiger charge is -2.18. The van der Waals surface area contributed by atoms with Crippen molar-refractivity contribution in [3.63, 3.8) is 0 Å². The number of rotatable bonds is 8. The molecule has 2 unspecified atom stereocenters. The molecule has 0 N–H and O–H groups in total. The van der Waals surface area contributed by atoms with E-state index in [-0.39, 0.29) is 5.75 Å². The van der Waals surface area contributed by atoms with Gasteiger partial charge in [-0.3, -0.25) is 5.11 Å². The van der Waals surface area contributed by atoms with Gasteiger partial charge in [-0.05, 0) is 49.0 Å². The Hall–Kier alpha value is -0.630. The van der Waals surface area contributed by atoms with Gasteiger partial charge in [0.15, 0.2) is 5.75 Å². The van der Waals surface area contributed by atoms with E-state index in [0.29, 0.717) is 11.8 Å². The van der Waals surface area contributed by atoms with Gasteiger partial charge in [0.2, 0.25) is 0 Å². The molecule has 0 aliphatic rings. The van der Waals surface area contributed by atoms with E-state index in [4.69, 9.17) is 0 Å². The van der Waals surface area contributed by atoms with Crippen LogP contribution in [-0.4, -0.2) is 5.75 Å². The highest BCUT2D eigenvalue weighted by molar-refractivity contribution is 7.99. The third-order valence-corrected chi connectivity index (χ3v) is 5.23. The second kappa shape index (κ2) is 8.61. The number of thioether (sulfide) groups is 1. The first-order chi connectivity index (χ1) is 9.54. The van der Waals surface area contributed by atoms with Crippen LogP contribution in [0.5, 0.6) is 5.75 Å². The summed E-state index contributed by atoms with van der Waals surface area (Å²) < 4.78 is 0. The van der Waals surface area contributed by atoms with Crippen LogP contribution in [0, 0.1) is 0 Å². The van der Waals surface area contributed by atoms with E-state index >= 15 is 0 Å². The Morgan fingerprint density at radius 2 is 1.50 bits per heavy atom. The molecule has 0 bridgehead atoms. The Kier molecular flexibility index (Phi) is 7.50. The van der Waals surface area contributed by atoms with Crippen molar-refractivity contribution in [1.29, 1.82) is 0 Å². The van der Waals surface area contributed by atoms with Gasteiger partial charge in [-0.2, -0.15) is 0 Å². The third-order valence-electron chi connectivity index (χ3n) is 4.17. The van der Waals surface area contributed by atoms with Crippen LogP contribution in [0.2, 0.25) is 0 Å². The molecule has 1 rings (SSSR count). The lowest BCUT2D eigenvalue weighted by atomic mass is 9.90. The lowest BCUT2D eigenvalue weighted by Crippen LogP contribution is -1.99. The van der Waals surface area contributed by atoms with Crippen molar-refractivity contribution in [2.75, 3.05) is 5.75 Å². The average Bonchev–Trinajstić information content (AvgIpc) is 2.47. The van der Waals surface area contributed by atoms with Gasteiger partial charge in [-0.15, -0.1) is 11.8 Å². The maximum atomic E-state index is 12.6. The standard InChI is InChI=1S/C18H29OS/c1-6-9-10-20-15-11-16(13(4)7-2)18(19)17(12-15)14(5)8-3/h11-14H,6-10H2,1-5H3. The molecular weight excluding hydrogens is 264 g/mol. The highest BCUT2D eigenvalue weighted by Crippen LogP contribution is 2.40. The molecule has 20 heavy (non-hydrogen) atoms. The summed E-state index contributed by atoms with van der Waals surface area (Å²) in [5.41, 5.74) is 2.04. The van der Waals surface area contributed by atoms with E-state index in [1.165, 1.54) is 17.7 Å². The molecule has 2 heteroatoms. The Balaban J connectivity index is 3.12. The topological polar surface area (TPSA) is 19.9 Å². The summed E-state index contributed by atoms with van der Waals surface area (Å²) in [6.45, 7) is 10.9. The molecule has 1 aromatic rings. The lowest BCUT2D eigenvalue weighted by molar-refractivity contribution is 0.338. The monoisotopic (exact) mass is 293 g/mol. The average molecular weight is 293 g/mol. The molecule has 0 heterocycles. The number of hydrogen-bond donors (Lipinski definition) is 0. The summed E-state index contributed by atoms with van der Waals surface area (Å²) in [4.78, 5) is 1.28. The minimum absolute atomic E-state index is 0.286. The molecule has 0 saturated carbocycles. The molecule has 0 aromatic heterocycles. The van der Waals surface area contributed by atoms with E-state index in [1.54, 1.807) is 0 Å². The van der Waals surface area contributed by atoms with Crippen molar-refractivity contribution >= 4 is 11.8 Å². The molecule has 0 spiro atoms. The molecule has 0 aliphatic heterocycles. The molecule has 113 valence electrons. The van der Waals surface area contributed by atoms with Crippen molar-refractivity contribution in [2.24, 2.45) is 0 Å². The number of unbranched alkanes of at least 4 members (excludes halogenated alkanes) is 1. The zero-order valence-corrected chi connectivity index (χ0v) is 14.5. The predicted octanol–water partition coefficient (Wildman–Crippen LogP) is 6.75. The van der Waals surface area contributed by atoms with Crippen LogP contribution in [0.3, 0.4) is 0 Å². The van der Waals surface area contributed by atoms with E-state index in [1.807, 2.05) is 11.8 Å². The van der Waals surface area contributed by atoms with Gasteiger partial charge in [0.25, 0.3) is 0 Å². The van der Waals surface area contributed by atoms with E-state index in [2.05, 4.69) is 46.8 Å². The van der Waals surface area contributed by atoms with Gasteiger partial charge in [0, 0.05) is 16.0 Å². The van der Waals surface area contributed by atoms with Crippen molar-refractivity contribution < 1.29 is 5.11 Å². The van der Waals surface area contributed by atoms with Crippen LogP contribution in [0.15, 0.2) is 17.0 Å². The van der Waals surface area contributed by atoms with Gasteiger partial charge in [-0.1, -0.05) is 41.0 Å². The molecule has 1 nitrogen and oxygen atoms in total. The van der Waals surface area contributed by atoms with Crippen LogP contribution in [0.25, 0.3) is 0 Å². The Morgan fingerprint density at radius 1 is 1.00 bits per heavy atom. The van der Waals surface area contributed by atoms with Crippen molar-refractivity contribution in [3.05, 3.63) is 23.3 Å². The highest BCUT2D eigenvalue weighted by Gasteiger charge is 2.19. The van der Waals surface area contributed by atoms with Crippen molar-refractivity contribution in [2.45, 2.75) is 77.0 Å². The van der Waals surface area contributed by atoms with Gasteiger partial charge in [0.1, 0.15) is 0 Å². The minimum atomic E-state index is 0.286. The molecule has 1 radical (unpaired) electrons. The predicted molar refractivity (Wildman–Crippen MR) is 89.6 cm³/mol. The second-order valence-electron chi connectivity index (χ2n) is 5.75. The van der Waals surface area contributed by atoms with Crippen LogP contribution >= 0.6 is 11.8 Å². The van der Waals surface area contributed by atoms with Crippen molar-refractivity contribution in [3.8, 4) is 5.75 Å². The SMILES string of the molecule is CCCCSc1cc(C(C)CC)c([O])c(C(C)CC)c1. The maximum absolute atomic E-state index is 12.6. The molecule has 0 saturated heterocycles. The first-order valence-corrected chi connectivity index (χ1v) is 9.01. The zero-order valence-electron chi connectivity index (χ0n) is 13.7. The minimum Gasteiger partial charge on any atom is -0.289 e. The smallest absolute Gasteiger partial charge is 0.185 e. The largest absolute Gasteiger partial charge is 0.289 e. The quantitative estimate of drug-likeness (QED) is 0.383. The van der Waals surface area contributed by atoms with Gasteiger partial charge in [0.05, 0.1) is 0 Å². The van der Waals surface area contributed by atoms with Crippen LogP contribution < -0.4 is 0 Å². The molecule has 2 atom stereocenters. The van der Waals surface area contributed by atoms with Gasteiger partial charge < -0.3 is 0 Å². The van der Waals surface area contributed by atoms with E-state index in [9.17, 15) is 5.11 Å². The molecule has 0 aliphatic carbocycles.